The highest BCUT2D eigenvalue weighted by molar-refractivity contribution is 5.79. The molecule has 28 heavy (non-hydrogen) atoms. The summed E-state index contributed by atoms with van der Waals surface area (Å²) in [5, 5.41) is 3.17. The van der Waals surface area contributed by atoms with Gasteiger partial charge in [-0.2, -0.15) is 0 Å². The molecule has 0 spiro atoms. The van der Waals surface area contributed by atoms with E-state index in [1.807, 2.05) is 12.1 Å². The topological polar surface area (TPSA) is 32.3 Å². The van der Waals surface area contributed by atoms with E-state index in [0.29, 0.717) is 6.54 Å². The highest BCUT2D eigenvalue weighted by Crippen LogP contribution is 2.20. The van der Waals surface area contributed by atoms with Crippen LogP contribution in [0.15, 0.2) is 42.5 Å². The molecule has 1 N–H and O–H groups in total. The van der Waals surface area contributed by atoms with Crippen LogP contribution in [-0.2, 0) is 30.7 Å². The van der Waals surface area contributed by atoms with Crippen molar-refractivity contribution in [1.82, 2.24) is 10.2 Å². The Labute approximate surface area is 167 Å². The van der Waals surface area contributed by atoms with Crippen molar-refractivity contribution in [3.05, 3.63) is 70.5 Å². The van der Waals surface area contributed by atoms with Gasteiger partial charge in [-0.15, -0.1) is 0 Å². The van der Waals surface area contributed by atoms with Crippen LogP contribution in [0.2, 0.25) is 0 Å². The first-order valence-electron chi connectivity index (χ1n) is 10.4. The smallest absolute Gasteiger partial charge is 0.224 e. The molecule has 150 valence electrons. The highest BCUT2D eigenvalue weighted by Gasteiger charge is 2.25. The molecule has 1 atom stereocenters. The molecule has 0 aliphatic carbocycles. The average molecular weight is 383 g/mol. The first-order chi connectivity index (χ1) is 13.6. The summed E-state index contributed by atoms with van der Waals surface area (Å²) in [4.78, 5) is 15.1. The quantitative estimate of drug-likeness (QED) is 0.766. The first kappa shape index (κ1) is 20.5. The number of carbonyl (C=O) groups excluding carboxylic acids is 1. The molecule has 1 heterocycles. The van der Waals surface area contributed by atoms with Crippen molar-refractivity contribution < 1.29 is 9.18 Å². The molecule has 0 unspecified atom stereocenters. The fourth-order valence-corrected chi connectivity index (χ4v) is 4.00. The summed E-state index contributed by atoms with van der Waals surface area (Å²) in [6.45, 7) is 7.42. The van der Waals surface area contributed by atoms with Gasteiger partial charge in [0, 0.05) is 19.6 Å². The number of rotatable bonds is 7. The molecule has 1 saturated heterocycles. The van der Waals surface area contributed by atoms with Gasteiger partial charge in [-0.3, -0.25) is 9.69 Å². The van der Waals surface area contributed by atoms with Crippen LogP contribution >= 0.6 is 0 Å². The molecule has 3 rings (SSSR count). The third kappa shape index (κ3) is 5.41. The van der Waals surface area contributed by atoms with Gasteiger partial charge in [0.05, 0.1) is 5.92 Å². The molecule has 1 amide bonds. The molecule has 1 aliphatic rings. The number of piperidine rings is 1. The van der Waals surface area contributed by atoms with Gasteiger partial charge in [0.2, 0.25) is 5.91 Å². The lowest BCUT2D eigenvalue weighted by atomic mass is 9.96. The normalized spacial score (nSPS) is 17.5. The maximum atomic E-state index is 13.1. The minimum atomic E-state index is -0.210. The van der Waals surface area contributed by atoms with Crippen LogP contribution in [0.4, 0.5) is 4.39 Å². The average Bonchev–Trinajstić information content (AvgIpc) is 2.73. The van der Waals surface area contributed by atoms with Crippen LogP contribution in [0.3, 0.4) is 0 Å². The number of hydrogen-bond acceptors (Lipinski definition) is 2. The fraction of sp³-hybridized carbons (Fsp3) is 0.458. The monoisotopic (exact) mass is 382 g/mol. The van der Waals surface area contributed by atoms with Gasteiger partial charge in [-0.1, -0.05) is 44.2 Å². The molecule has 1 fully saturated rings. The summed E-state index contributed by atoms with van der Waals surface area (Å²) in [6.07, 6.45) is 3.93. The second kappa shape index (κ2) is 9.83. The van der Waals surface area contributed by atoms with Gasteiger partial charge in [0.25, 0.3) is 0 Å². The summed E-state index contributed by atoms with van der Waals surface area (Å²) in [6, 6.07) is 13.2. The number of nitrogens with one attached hydrogen (secondary N) is 1. The molecular formula is C24H31FN2O. The Morgan fingerprint density at radius 2 is 1.82 bits per heavy atom. The molecule has 0 saturated carbocycles. The van der Waals surface area contributed by atoms with Crippen molar-refractivity contribution in [2.75, 3.05) is 13.1 Å². The van der Waals surface area contributed by atoms with E-state index in [-0.39, 0.29) is 17.6 Å². The van der Waals surface area contributed by atoms with E-state index in [2.05, 4.69) is 42.3 Å². The lowest BCUT2D eigenvalue weighted by Crippen LogP contribution is -2.42. The van der Waals surface area contributed by atoms with Gasteiger partial charge in [0.1, 0.15) is 5.82 Å². The second-order valence-corrected chi connectivity index (χ2v) is 7.73. The summed E-state index contributed by atoms with van der Waals surface area (Å²) >= 11 is 0. The number of likely N-dealkylation sites (tertiary alicyclic amines) is 1. The Morgan fingerprint density at radius 1 is 1.07 bits per heavy atom. The molecule has 2 aromatic rings. The number of nitrogens with zero attached hydrogens (tertiary/aromatic N) is 1. The van der Waals surface area contributed by atoms with Gasteiger partial charge in [-0.05, 0) is 66.6 Å². The maximum absolute atomic E-state index is 13.1. The van der Waals surface area contributed by atoms with Crippen molar-refractivity contribution in [2.24, 2.45) is 5.92 Å². The second-order valence-electron chi connectivity index (χ2n) is 7.73. The summed E-state index contributed by atoms with van der Waals surface area (Å²) in [5.41, 5.74) is 4.93. The SMILES string of the molecule is CCc1ccc(CC)c(CNC(=O)[C@@H]2CCCN(Cc3ccc(F)cc3)C2)c1. The summed E-state index contributed by atoms with van der Waals surface area (Å²) in [7, 11) is 0. The molecule has 0 aromatic heterocycles. The van der Waals surface area contributed by atoms with E-state index in [1.54, 1.807) is 0 Å². The van der Waals surface area contributed by atoms with Gasteiger partial charge in [0.15, 0.2) is 0 Å². The number of benzene rings is 2. The van der Waals surface area contributed by atoms with E-state index < -0.39 is 0 Å². The van der Waals surface area contributed by atoms with Crippen molar-refractivity contribution in [3.63, 3.8) is 0 Å². The van der Waals surface area contributed by atoms with E-state index >= 15 is 0 Å². The van der Waals surface area contributed by atoms with E-state index in [1.165, 1.54) is 28.8 Å². The zero-order valence-corrected chi connectivity index (χ0v) is 17.0. The molecule has 0 radical (unpaired) electrons. The Morgan fingerprint density at radius 3 is 2.54 bits per heavy atom. The minimum Gasteiger partial charge on any atom is -0.352 e. The van der Waals surface area contributed by atoms with Crippen LogP contribution in [0.1, 0.15) is 48.9 Å². The minimum absolute atomic E-state index is 0.0219. The summed E-state index contributed by atoms with van der Waals surface area (Å²) in [5.74, 6) is -0.0420. The zero-order valence-electron chi connectivity index (χ0n) is 17.0. The standard InChI is InChI=1S/C24H31FN2O/c1-3-18-7-10-20(4-2)22(14-18)15-26-24(28)21-6-5-13-27(17-21)16-19-8-11-23(25)12-9-19/h7-12,14,21H,3-6,13,15-17H2,1-2H3,(H,26,28)/t21-/m1/s1. The van der Waals surface area contributed by atoms with Crippen molar-refractivity contribution in [3.8, 4) is 0 Å². The van der Waals surface area contributed by atoms with Crippen molar-refractivity contribution in [2.45, 2.75) is 52.6 Å². The van der Waals surface area contributed by atoms with Crippen LogP contribution in [0, 0.1) is 11.7 Å². The van der Waals surface area contributed by atoms with E-state index in [9.17, 15) is 9.18 Å². The van der Waals surface area contributed by atoms with Crippen LogP contribution in [0.25, 0.3) is 0 Å². The van der Waals surface area contributed by atoms with Gasteiger partial charge in [-0.25, -0.2) is 4.39 Å². The third-order valence-corrected chi connectivity index (χ3v) is 5.71. The molecule has 0 bridgehead atoms. The maximum Gasteiger partial charge on any atom is 0.224 e. The van der Waals surface area contributed by atoms with Crippen LogP contribution < -0.4 is 5.32 Å². The molecule has 4 heteroatoms. The summed E-state index contributed by atoms with van der Waals surface area (Å²) < 4.78 is 13.1. The van der Waals surface area contributed by atoms with E-state index in [4.69, 9.17) is 0 Å². The highest BCUT2D eigenvalue weighted by atomic mass is 19.1. The number of aryl methyl sites for hydroxylation is 2. The zero-order chi connectivity index (χ0) is 19.9. The number of carbonyl (C=O) groups is 1. The van der Waals surface area contributed by atoms with Crippen LogP contribution in [0.5, 0.6) is 0 Å². The third-order valence-electron chi connectivity index (χ3n) is 5.71. The van der Waals surface area contributed by atoms with Gasteiger partial charge >= 0.3 is 0 Å². The predicted molar refractivity (Wildman–Crippen MR) is 111 cm³/mol. The van der Waals surface area contributed by atoms with Crippen molar-refractivity contribution in [1.29, 1.82) is 0 Å². The molecule has 1 aliphatic heterocycles. The number of amides is 1. The Hall–Kier alpha value is -2.20. The number of halogens is 1. The van der Waals surface area contributed by atoms with Crippen LogP contribution in [-0.4, -0.2) is 23.9 Å². The van der Waals surface area contributed by atoms with Gasteiger partial charge < -0.3 is 5.32 Å². The number of hydrogen-bond donors (Lipinski definition) is 1. The van der Waals surface area contributed by atoms with Crippen molar-refractivity contribution >= 4 is 5.91 Å². The fourth-order valence-electron chi connectivity index (χ4n) is 4.00. The predicted octanol–water partition coefficient (Wildman–Crippen LogP) is 4.48. The Balaban J connectivity index is 1.56. The van der Waals surface area contributed by atoms with E-state index in [0.717, 1.165) is 50.9 Å². The largest absolute Gasteiger partial charge is 0.352 e. The lowest BCUT2D eigenvalue weighted by molar-refractivity contribution is -0.126. The Kier molecular flexibility index (Phi) is 7.21. The first-order valence-corrected chi connectivity index (χ1v) is 10.4. The Bertz CT molecular complexity index is 788. The molecule has 2 aromatic carbocycles. The lowest BCUT2D eigenvalue weighted by Gasteiger charge is -2.32. The molecular weight excluding hydrogens is 351 g/mol. The molecule has 3 nitrogen and oxygen atoms in total.